The summed E-state index contributed by atoms with van der Waals surface area (Å²) in [4.78, 5) is 12.6. The first-order valence-corrected chi connectivity index (χ1v) is 5.40. The maximum atomic E-state index is 10.8. The van der Waals surface area contributed by atoms with Crippen molar-refractivity contribution < 1.29 is 9.32 Å². The second-order valence-corrected chi connectivity index (χ2v) is 4.31. The third kappa shape index (κ3) is 1.89. The molecule has 0 saturated carbocycles. The predicted molar refractivity (Wildman–Crippen MR) is 55.3 cm³/mol. The summed E-state index contributed by atoms with van der Waals surface area (Å²) in [6, 6.07) is 2.09. The molecule has 1 saturated heterocycles. The lowest BCUT2D eigenvalue weighted by atomic mass is 10.1. The number of rotatable bonds is 3. The molecule has 1 fully saturated rings. The SMILES string of the molecule is CC(C)c1cc(C2CCCN2C=O)no1. The lowest BCUT2D eigenvalue weighted by molar-refractivity contribution is -0.119. The van der Waals surface area contributed by atoms with Crippen molar-refractivity contribution in [2.75, 3.05) is 6.54 Å². The van der Waals surface area contributed by atoms with Crippen molar-refractivity contribution in [1.29, 1.82) is 0 Å². The first-order valence-electron chi connectivity index (χ1n) is 5.40. The smallest absolute Gasteiger partial charge is 0.210 e. The lowest BCUT2D eigenvalue weighted by Gasteiger charge is -2.16. The van der Waals surface area contributed by atoms with Crippen LogP contribution in [0.2, 0.25) is 0 Å². The second kappa shape index (κ2) is 4.04. The van der Waals surface area contributed by atoms with Gasteiger partial charge >= 0.3 is 0 Å². The van der Waals surface area contributed by atoms with E-state index in [9.17, 15) is 4.79 Å². The van der Waals surface area contributed by atoms with Crippen molar-refractivity contribution in [2.45, 2.75) is 38.6 Å². The Balaban J connectivity index is 2.18. The van der Waals surface area contributed by atoms with Gasteiger partial charge in [-0.2, -0.15) is 0 Å². The maximum Gasteiger partial charge on any atom is 0.210 e. The molecule has 0 radical (unpaired) electrons. The van der Waals surface area contributed by atoms with E-state index in [1.807, 2.05) is 6.07 Å². The average Bonchev–Trinajstić information content (AvgIpc) is 2.85. The topological polar surface area (TPSA) is 46.3 Å². The van der Waals surface area contributed by atoms with Crippen LogP contribution < -0.4 is 0 Å². The van der Waals surface area contributed by atoms with Gasteiger partial charge in [0.2, 0.25) is 6.41 Å². The molecule has 1 aromatic rings. The highest BCUT2D eigenvalue weighted by molar-refractivity contribution is 5.49. The quantitative estimate of drug-likeness (QED) is 0.714. The Morgan fingerprint density at radius 3 is 3.07 bits per heavy atom. The van der Waals surface area contributed by atoms with E-state index in [0.29, 0.717) is 5.92 Å². The van der Waals surface area contributed by atoms with Crippen molar-refractivity contribution in [3.8, 4) is 0 Å². The zero-order valence-corrected chi connectivity index (χ0v) is 9.14. The normalized spacial score (nSPS) is 21.3. The number of hydrogen-bond donors (Lipinski definition) is 0. The molecule has 1 aliphatic rings. The summed E-state index contributed by atoms with van der Waals surface area (Å²) in [6.45, 7) is 4.96. The Morgan fingerprint density at radius 2 is 2.47 bits per heavy atom. The highest BCUT2D eigenvalue weighted by atomic mass is 16.5. The van der Waals surface area contributed by atoms with Gasteiger partial charge in [0.25, 0.3) is 0 Å². The zero-order valence-electron chi connectivity index (χ0n) is 9.14. The van der Waals surface area contributed by atoms with Crippen molar-refractivity contribution in [2.24, 2.45) is 0 Å². The van der Waals surface area contributed by atoms with Crippen molar-refractivity contribution >= 4 is 6.41 Å². The van der Waals surface area contributed by atoms with Gasteiger partial charge in [-0.15, -0.1) is 0 Å². The van der Waals surface area contributed by atoms with Gasteiger partial charge in [-0.05, 0) is 12.8 Å². The van der Waals surface area contributed by atoms with Gasteiger partial charge in [0, 0.05) is 18.5 Å². The molecule has 0 aliphatic carbocycles. The first-order chi connectivity index (χ1) is 7.22. The van der Waals surface area contributed by atoms with Gasteiger partial charge in [0.15, 0.2) is 0 Å². The van der Waals surface area contributed by atoms with Crippen LogP contribution in [0.5, 0.6) is 0 Å². The van der Waals surface area contributed by atoms with Crippen LogP contribution in [0.3, 0.4) is 0 Å². The van der Waals surface area contributed by atoms with E-state index in [1.54, 1.807) is 4.90 Å². The molecular weight excluding hydrogens is 192 g/mol. The lowest BCUT2D eigenvalue weighted by Crippen LogP contribution is -2.21. The van der Waals surface area contributed by atoms with Crippen LogP contribution in [0, 0.1) is 0 Å². The molecule has 82 valence electrons. The molecule has 15 heavy (non-hydrogen) atoms. The molecule has 4 heteroatoms. The number of amides is 1. The summed E-state index contributed by atoms with van der Waals surface area (Å²) in [5.41, 5.74) is 0.892. The fourth-order valence-electron chi connectivity index (χ4n) is 1.97. The Hall–Kier alpha value is -1.32. The fourth-order valence-corrected chi connectivity index (χ4v) is 1.97. The Kier molecular flexibility index (Phi) is 2.75. The van der Waals surface area contributed by atoms with Crippen LogP contribution in [0.4, 0.5) is 0 Å². The minimum absolute atomic E-state index is 0.124. The Labute approximate surface area is 89.2 Å². The first kappa shape index (κ1) is 10.2. The van der Waals surface area contributed by atoms with Crippen LogP contribution in [0.25, 0.3) is 0 Å². The maximum absolute atomic E-state index is 10.8. The molecule has 0 spiro atoms. The van der Waals surface area contributed by atoms with Crippen molar-refractivity contribution in [1.82, 2.24) is 10.1 Å². The van der Waals surface area contributed by atoms with E-state index in [-0.39, 0.29) is 6.04 Å². The number of aromatic nitrogens is 1. The molecule has 1 unspecified atom stereocenters. The van der Waals surface area contributed by atoms with E-state index >= 15 is 0 Å². The van der Waals surface area contributed by atoms with Crippen LogP contribution in [-0.4, -0.2) is 23.0 Å². The number of likely N-dealkylation sites (tertiary alicyclic amines) is 1. The molecule has 0 bridgehead atoms. The third-order valence-corrected chi connectivity index (χ3v) is 2.89. The number of nitrogens with zero attached hydrogens (tertiary/aromatic N) is 2. The minimum Gasteiger partial charge on any atom is -0.361 e. The monoisotopic (exact) mass is 208 g/mol. The highest BCUT2D eigenvalue weighted by Gasteiger charge is 2.27. The molecule has 0 aromatic carbocycles. The molecule has 1 atom stereocenters. The van der Waals surface area contributed by atoms with E-state index in [2.05, 4.69) is 19.0 Å². The van der Waals surface area contributed by atoms with Gasteiger partial charge in [-0.3, -0.25) is 4.79 Å². The standard InChI is InChI=1S/C11H16N2O2/c1-8(2)11-6-9(12-15-11)10-4-3-5-13(10)7-14/h6-8,10H,3-5H2,1-2H3. The molecule has 2 rings (SSSR count). The van der Waals surface area contributed by atoms with Crippen LogP contribution in [0.15, 0.2) is 10.6 Å². The molecular formula is C11H16N2O2. The molecule has 1 aromatic heterocycles. The minimum atomic E-state index is 0.124. The second-order valence-electron chi connectivity index (χ2n) is 4.31. The molecule has 4 nitrogen and oxygen atoms in total. The highest BCUT2D eigenvalue weighted by Crippen LogP contribution is 2.31. The molecule has 1 aliphatic heterocycles. The average molecular weight is 208 g/mol. The van der Waals surface area contributed by atoms with E-state index in [0.717, 1.165) is 37.3 Å². The third-order valence-electron chi connectivity index (χ3n) is 2.89. The van der Waals surface area contributed by atoms with Gasteiger partial charge in [0.1, 0.15) is 11.5 Å². The van der Waals surface area contributed by atoms with Crippen LogP contribution >= 0.6 is 0 Å². The zero-order chi connectivity index (χ0) is 10.8. The van der Waals surface area contributed by atoms with Crippen LogP contribution in [0.1, 0.15) is 50.1 Å². The van der Waals surface area contributed by atoms with Gasteiger partial charge < -0.3 is 9.42 Å². The Bertz CT molecular complexity index is 346. The van der Waals surface area contributed by atoms with E-state index in [4.69, 9.17) is 4.52 Å². The number of carbonyl (C=O) groups is 1. The van der Waals surface area contributed by atoms with Gasteiger partial charge in [0.05, 0.1) is 6.04 Å². The number of carbonyl (C=O) groups excluding carboxylic acids is 1. The largest absolute Gasteiger partial charge is 0.361 e. The van der Waals surface area contributed by atoms with Crippen molar-refractivity contribution in [3.63, 3.8) is 0 Å². The summed E-state index contributed by atoms with van der Waals surface area (Å²) in [6.07, 6.45) is 2.94. The summed E-state index contributed by atoms with van der Waals surface area (Å²) >= 11 is 0. The van der Waals surface area contributed by atoms with E-state index < -0.39 is 0 Å². The van der Waals surface area contributed by atoms with Gasteiger partial charge in [-0.25, -0.2) is 0 Å². The Morgan fingerprint density at radius 1 is 1.67 bits per heavy atom. The summed E-state index contributed by atoms with van der Waals surface area (Å²) in [5, 5.41) is 4.04. The number of hydrogen-bond acceptors (Lipinski definition) is 3. The molecule has 1 amide bonds. The van der Waals surface area contributed by atoms with E-state index in [1.165, 1.54) is 0 Å². The van der Waals surface area contributed by atoms with Gasteiger partial charge in [-0.1, -0.05) is 19.0 Å². The van der Waals surface area contributed by atoms with Crippen molar-refractivity contribution in [3.05, 3.63) is 17.5 Å². The summed E-state index contributed by atoms with van der Waals surface area (Å²) < 4.78 is 5.24. The molecule has 2 heterocycles. The molecule has 0 N–H and O–H groups in total. The summed E-state index contributed by atoms with van der Waals surface area (Å²) in [5.74, 6) is 1.24. The predicted octanol–water partition coefficient (Wildman–Crippen LogP) is 2.09. The van der Waals surface area contributed by atoms with Crippen LogP contribution in [-0.2, 0) is 4.79 Å². The summed E-state index contributed by atoms with van der Waals surface area (Å²) in [7, 11) is 0. The fraction of sp³-hybridized carbons (Fsp3) is 0.636.